The molecule has 1 unspecified atom stereocenters. The Kier molecular flexibility index (Phi) is 5.63. The molecule has 9 heteroatoms. The van der Waals surface area contributed by atoms with Crippen LogP contribution in [0.4, 0.5) is 14.9 Å². The third-order valence-electron chi connectivity index (χ3n) is 5.07. The first-order chi connectivity index (χ1) is 14.4. The zero-order valence-corrected chi connectivity index (χ0v) is 17.5. The standard InChI is InChI=1S/C21H22FN5O2S/c1-13(2)27-11-8-19(25-27)30(29)26-21(28)24-20-16-5-3-4-15(16)18(22)12-17(20)14-6-9-23-10-7-14/h6-13H,3-5H2,1-2H3,(H2,24,26,28). The maximum atomic E-state index is 14.7. The molecule has 2 amide bonds. The van der Waals surface area contributed by atoms with Crippen molar-refractivity contribution in [2.24, 2.45) is 0 Å². The molecule has 2 aromatic heterocycles. The van der Waals surface area contributed by atoms with Crippen molar-refractivity contribution in [3.63, 3.8) is 0 Å². The molecule has 4 rings (SSSR count). The minimum absolute atomic E-state index is 0.120. The normalized spacial score (nSPS) is 13.9. The number of nitrogens with one attached hydrogen (secondary N) is 2. The summed E-state index contributed by atoms with van der Waals surface area (Å²) in [6.45, 7) is 3.91. The lowest BCUT2D eigenvalue weighted by molar-refractivity contribution is 0.257. The number of hydrogen-bond acceptors (Lipinski definition) is 4. The van der Waals surface area contributed by atoms with E-state index in [2.05, 4.69) is 20.1 Å². The summed E-state index contributed by atoms with van der Waals surface area (Å²) in [5.74, 6) is -0.275. The smallest absolute Gasteiger partial charge is 0.306 e. The quantitative estimate of drug-likeness (QED) is 0.644. The van der Waals surface area contributed by atoms with Crippen LogP contribution in [-0.2, 0) is 23.8 Å². The molecule has 2 N–H and O–H groups in total. The maximum absolute atomic E-state index is 14.7. The molecule has 1 aliphatic carbocycles. The van der Waals surface area contributed by atoms with Gasteiger partial charge in [-0.25, -0.2) is 13.4 Å². The Hall–Kier alpha value is -3.07. The van der Waals surface area contributed by atoms with Crippen LogP contribution in [0.3, 0.4) is 0 Å². The number of pyridine rings is 1. The first-order valence-electron chi connectivity index (χ1n) is 9.73. The summed E-state index contributed by atoms with van der Waals surface area (Å²) in [6, 6.07) is 6.05. The number of amides is 2. The van der Waals surface area contributed by atoms with Crippen LogP contribution in [0.5, 0.6) is 0 Å². The highest BCUT2D eigenvalue weighted by Gasteiger charge is 2.24. The lowest BCUT2D eigenvalue weighted by atomic mass is 9.97. The summed E-state index contributed by atoms with van der Waals surface area (Å²) in [5.41, 5.74) is 3.26. The predicted molar refractivity (Wildman–Crippen MR) is 113 cm³/mol. The Balaban J connectivity index is 1.61. The van der Waals surface area contributed by atoms with Crippen molar-refractivity contribution in [3.05, 3.63) is 59.8 Å². The topological polar surface area (TPSA) is 88.9 Å². The Labute approximate surface area is 176 Å². The summed E-state index contributed by atoms with van der Waals surface area (Å²) < 4.78 is 31.3. The van der Waals surface area contributed by atoms with E-state index in [-0.39, 0.29) is 16.9 Å². The van der Waals surface area contributed by atoms with E-state index < -0.39 is 17.0 Å². The van der Waals surface area contributed by atoms with Gasteiger partial charge in [0, 0.05) is 30.2 Å². The third-order valence-corrected chi connectivity index (χ3v) is 6.03. The Bertz CT molecular complexity index is 1110. The van der Waals surface area contributed by atoms with Gasteiger partial charge in [-0.05, 0) is 74.1 Å². The molecule has 7 nitrogen and oxygen atoms in total. The minimum atomic E-state index is -1.81. The molecule has 1 aliphatic rings. The average molecular weight is 428 g/mol. The molecule has 1 aromatic carbocycles. The van der Waals surface area contributed by atoms with Crippen LogP contribution in [0, 0.1) is 5.82 Å². The van der Waals surface area contributed by atoms with Crippen molar-refractivity contribution in [1.29, 1.82) is 0 Å². The van der Waals surface area contributed by atoms with Gasteiger partial charge >= 0.3 is 6.03 Å². The molecule has 156 valence electrons. The lowest BCUT2D eigenvalue weighted by Crippen LogP contribution is -2.31. The number of halogens is 1. The van der Waals surface area contributed by atoms with Gasteiger partial charge in [0.15, 0.2) is 16.0 Å². The molecule has 0 radical (unpaired) electrons. The molecule has 0 fully saturated rings. The number of nitrogens with zero attached hydrogens (tertiary/aromatic N) is 3. The zero-order valence-electron chi connectivity index (χ0n) is 16.7. The van der Waals surface area contributed by atoms with E-state index in [9.17, 15) is 13.4 Å². The molecule has 0 aliphatic heterocycles. The van der Waals surface area contributed by atoms with Crippen LogP contribution in [0.2, 0.25) is 0 Å². The maximum Gasteiger partial charge on any atom is 0.331 e. The number of hydrogen-bond donors (Lipinski definition) is 2. The summed E-state index contributed by atoms with van der Waals surface area (Å²) in [7, 11) is -1.81. The van der Waals surface area contributed by atoms with Crippen molar-refractivity contribution < 1.29 is 13.4 Å². The van der Waals surface area contributed by atoms with Gasteiger partial charge in [0.25, 0.3) is 0 Å². The number of anilines is 1. The van der Waals surface area contributed by atoms with Crippen molar-refractivity contribution in [2.45, 2.75) is 44.2 Å². The van der Waals surface area contributed by atoms with E-state index in [1.54, 1.807) is 41.5 Å². The first-order valence-corrected chi connectivity index (χ1v) is 10.9. The number of fused-ring (bicyclic) bond motifs is 1. The van der Waals surface area contributed by atoms with Gasteiger partial charge in [-0.2, -0.15) is 5.10 Å². The highest BCUT2D eigenvalue weighted by atomic mass is 32.2. The van der Waals surface area contributed by atoms with Crippen molar-refractivity contribution in [1.82, 2.24) is 19.5 Å². The summed E-state index contributed by atoms with van der Waals surface area (Å²) in [6.07, 6.45) is 7.07. The van der Waals surface area contributed by atoms with Crippen LogP contribution < -0.4 is 10.0 Å². The molecular weight excluding hydrogens is 405 g/mol. The van der Waals surface area contributed by atoms with E-state index in [0.29, 0.717) is 29.7 Å². The van der Waals surface area contributed by atoms with Gasteiger partial charge in [0.2, 0.25) is 0 Å². The molecule has 0 bridgehead atoms. The van der Waals surface area contributed by atoms with Crippen LogP contribution >= 0.6 is 0 Å². The van der Waals surface area contributed by atoms with Crippen LogP contribution in [0.15, 0.2) is 47.9 Å². The monoisotopic (exact) mass is 427 g/mol. The number of urea groups is 1. The van der Waals surface area contributed by atoms with Crippen molar-refractivity contribution >= 4 is 22.7 Å². The van der Waals surface area contributed by atoms with Gasteiger partial charge in [-0.1, -0.05) is 0 Å². The third kappa shape index (κ3) is 3.97. The number of benzene rings is 1. The summed E-state index contributed by atoms with van der Waals surface area (Å²) >= 11 is 0. The van der Waals surface area contributed by atoms with Crippen molar-refractivity contribution in [3.8, 4) is 11.1 Å². The van der Waals surface area contributed by atoms with Gasteiger partial charge in [0.05, 0.1) is 5.69 Å². The highest BCUT2D eigenvalue weighted by Crippen LogP contribution is 2.39. The number of carbonyl (C=O) groups is 1. The van der Waals surface area contributed by atoms with E-state index in [1.807, 2.05) is 13.8 Å². The second-order valence-corrected chi connectivity index (χ2v) is 8.54. The van der Waals surface area contributed by atoms with Gasteiger partial charge in [-0.15, -0.1) is 0 Å². The van der Waals surface area contributed by atoms with E-state index in [1.165, 1.54) is 6.07 Å². The van der Waals surface area contributed by atoms with Crippen LogP contribution in [-0.4, -0.2) is 25.0 Å². The Morgan fingerprint density at radius 2 is 1.93 bits per heavy atom. The van der Waals surface area contributed by atoms with E-state index in [4.69, 9.17) is 0 Å². The van der Waals surface area contributed by atoms with Gasteiger partial charge < -0.3 is 5.32 Å². The van der Waals surface area contributed by atoms with Gasteiger partial charge in [0.1, 0.15) is 5.82 Å². The minimum Gasteiger partial charge on any atom is -0.306 e. The van der Waals surface area contributed by atoms with Crippen LogP contribution in [0.25, 0.3) is 11.1 Å². The second kappa shape index (κ2) is 8.35. The Morgan fingerprint density at radius 1 is 1.20 bits per heavy atom. The van der Waals surface area contributed by atoms with Crippen LogP contribution in [0.1, 0.15) is 37.4 Å². The number of rotatable bonds is 5. The lowest BCUT2D eigenvalue weighted by Gasteiger charge is -2.17. The fourth-order valence-corrected chi connectivity index (χ4v) is 4.29. The molecule has 30 heavy (non-hydrogen) atoms. The average Bonchev–Trinajstić information content (AvgIpc) is 3.41. The van der Waals surface area contributed by atoms with Crippen molar-refractivity contribution in [2.75, 3.05) is 5.32 Å². The van der Waals surface area contributed by atoms with Gasteiger partial charge in [-0.3, -0.25) is 14.4 Å². The number of carbonyl (C=O) groups excluding carboxylic acids is 1. The SMILES string of the molecule is CC(C)n1ccc(S(=O)NC(=O)Nc2c(-c3ccncc3)cc(F)c3c2CCC3)n1. The molecule has 2 heterocycles. The Morgan fingerprint density at radius 3 is 2.63 bits per heavy atom. The molecular formula is C21H22FN5O2S. The highest BCUT2D eigenvalue weighted by molar-refractivity contribution is 7.83. The fourth-order valence-electron chi connectivity index (χ4n) is 3.62. The largest absolute Gasteiger partial charge is 0.331 e. The van der Waals surface area contributed by atoms with E-state index >= 15 is 0 Å². The zero-order chi connectivity index (χ0) is 21.3. The second-order valence-electron chi connectivity index (χ2n) is 7.38. The molecule has 3 aromatic rings. The summed E-state index contributed by atoms with van der Waals surface area (Å²) in [4.78, 5) is 16.7. The predicted octanol–water partition coefficient (Wildman–Crippen LogP) is 4.00. The molecule has 0 spiro atoms. The first kappa shape index (κ1) is 20.2. The molecule has 0 saturated heterocycles. The summed E-state index contributed by atoms with van der Waals surface area (Å²) in [5, 5.41) is 7.29. The molecule has 0 saturated carbocycles. The number of aromatic nitrogens is 3. The molecule has 1 atom stereocenters. The fraction of sp³-hybridized carbons (Fsp3) is 0.286. The van der Waals surface area contributed by atoms with E-state index in [0.717, 1.165) is 17.5 Å².